The largest absolute Gasteiger partial charge is 0.430 e. The van der Waals surface area contributed by atoms with Crippen molar-refractivity contribution in [2.24, 2.45) is 10.7 Å². The third kappa shape index (κ3) is 4.54. The van der Waals surface area contributed by atoms with E-state index >= 15 is 0 Å². The van der Waals surface area contributed by atoms with Crippen LogP contribution in [0.2, 0.25) is 0 Å². The van der Waals surface area contributed by atoms with Crippen LogP contribution in [0.1, 0.15) is 23.3 Å². The quantitative estimate of drug-likeness (QED) is 0.432. The molecule has 3 aromatic rings. The molecule has 0 spiro atoms. The highest BCUT2D eigenvalue weighted by Crippen LogP contribution is 2.28. The summed E-state index contributed by atoms with van der Waals surface area (Å²) >= 11 is 4.37. The number of benzene rings is 2. The van der Waals surface area contributed by atoms with Crippen LogP contribution in [-0.4, -0.2) is 16.9 Å². The van der Waals surface area contributed by atoms with Crippen molar-refractivity contribution in [3.8, 4) is 0 Å². The molecule has 1 atom stereocenters. The Kier molecular flexibility index (Phi) is 5.74. The van der Waals surface area contributed by atoms with E-state index in [4.69, 9.17) is 5.73 Å². The lowest BCUT2D eigenvalue weighted by Gasteiger charge is -2.10. The third-order valence-electron chi connectivity index (χ3n) is 4.17. The lowest BCUT2D eigenvalue weighted by atomic mass is 10.0. The van der Waals surface area contributed by atoms with Gasteiger partial charge in [-0.1, -0.05) is 30.3 Å². The van der Waals surface area contributed by atoms with E-state index in [1.165, 1.54) is 0 Å². The molecule has 1 unspecified atom stereocenters. The summed E-state index contributed by atoms with van der Waals surface area (Å²) < 4.78 is 39.1. The van der Waals surface area contributed by atoms with Crippen molar-refractivity contribution in [2.45, 2.75) is 18.3 Å². The number of aromatic nitrogens is 1. The number of allylic oxidation sites excluding steroid dienone is 2. The van der Waals surface area contributed by atoms with Crippen LogP contribution in [0.4, 0.5) is 18.9 Å². The molecule has 1 heterocycles. The molecule has 28 heavy (non-hydrogen) atoms. The Balaban J connectivity index is 2.16. The minimum Gasteiger partial charge on any atom is -0.395 e. The van der Waals surface area contributed by atoms with Gasteiger partial charge in [-0.25, -0.2) is 4.99 Å². The van der Waals surface area contributed by atoms with E-state index in [9.17, 15) is 13.2 Å². The molecule has 0 amide bonds. The van der Waals surface area contributed by atoms with Gasteiger partial charge in [-0.05, 0) is 42.8 Å². The maximum atomic E-state index is 13.0. The number of halogens is 3. The minimum atomic E-state index is -4.64. The Bertz CT molecular complexity index is 1030. The Hall–Kier alpha value is -2.80. The van der Waals surface area contributed by atoms with Gasteiger partial charge in [-0.2, -0.15) is 25.8 Å². The molecule has 3 nitrogen and oxygen atoms in total. The predicted octanol–water partition coefficient (Wildman–Crippen LogP) is 5.75. The number of nitrogens with two attached hydrogens (primary N) is 1. The van der Waals surface area contributed by atoms with Gasteiger partial charge in [0, 0.05) is 22.4 Å². The van der Waals surface area contributed by atoms with Gasteiger partial charge in [-0.15, -0.1) is 0 Å². The summed E-state index contributed by atoms with van der Waals surface area (Å²) in [6.45, 7) is 1.91. The highest BCUT2D eigenvalue weighted by molar-refractivity contribution is 7.80. The van der Waals surface area contributed by atoms with Gasteiger partial charge in [0.15, 0.2) is 0 Å². The molecule has 0 aliphatic heterocycles. The van der Waals surface area contributed by atoms with Crippen molar-refractivity contribution in [2.75, 3.05) is 0 Å². The molecule has 2 N–H and O–H groups in total. The zero-order chi connectivity index (χ0) is 20.3. The Labute approximate surface area is 166 Å². The van der Waals surface area contributed by atoms with E-state index in [-0.39, 0.29) is 11.0 Å². The summed E-state index contributed by atoms with van der Waals surface area (Å²) in [5.74, 6) is 0. The SMILES string of the molecule is CC(S)c1ccc(C(C=C(N)C(F)(F)F)=Nc2cccc3ncccc23)cc1. The van der Waals surface area contributed by atoms with Crippen LogP contribution in [0, 0.1) is 0 Å². The van der Waals surface area contributed by atoms with Gasteiger partial charge >= 0.3 is 6.18 Å². The fourth-order valence-electron chi connectivity index (χ4n) is 2.66. The molecule has 0 aliphatic carbocycles. The number of aliphatic imine (C=N–C) groups is 1. The number of nitrogens with zero attached hydrogens (tertiary/aromatic N) is 2. The van der Waals surface area contributed by atoms with Crippen molar-refractivity contribution in [3.63, 3.8) is 0 Å². The maximum Gasteiger partial charge on any atom is 0.430 e. The smallest absolute Gasteiger partial charge is 0.395 e. The summed E-state index contributed by atoms with van der Waals surface area (Å²) in [6.07, 6.45) is -2.13. The fourth-order valence-corrected chi connectivity index (χ4v) is 2.83. The molecule has 0 fully saturated rings. The number of alkyl halides is 3. The third-order valence-corrected chi connectivity index (χ3v) is 4.47. The van der Waals surface area contributed by atoms with Crippen molar-refractivity contribution >= 4 is 34.9 Å². The number of rotatable bonds is 4. The van der Waals surface area contributed by atoms with Crippen molar-refractivity contribution in [1.82, 2.24) is 4.98 Å². The number of hydrogen-bond donors (Lipinski definition) is 2. The minimum absolute atomic E-state index is 0.00867. The maximum absolute atomic E-state index is 13.0. The van der Waals surface area contributed by atoms with Gasteiger partial charge < -0.3 is 5.73 Å². The summed E-state index contributed by atoms with van der Waals surface area (Å²) in [5.41, 5.74) is 6.86. The van der Waals surface area contributed by atoms with Gasteiger partial charge in [0.05, 0.1) is 16.9 Å². The van der Waals surface area contributed by atoms with Gasteiger partial charge in [0.1, 0.15) is 5.70 Å². The Morgan fingerprint density at radius 1 is 1.11 bits per heavy atom. The topological polar surface area (TPSA) is 51.3 Å². The first-order valence-electron chi connectivity index (χ1n) is 8.51. The second-order valence-electron chi connectivity index (χ2n) is 6.24. The van der Waals surface area contributed by atoms with Crippen molar-refractivity contribution < 1.29 is 13.2 Å². The molecule has 144 valence electrons. The summed E-state index contributed by atoms with van der Waals surface area (Å²) in [7, 11) is 0. The highest BCUT2D eigenvalue weighted by Gasteiger charge is 2.31. The summed E-state index contributed by atoms with van der Waals surface area (Å²) in [5, 5.41) is 0.747. The molecular formula is C21H18F3N3S. The van der Waals surface area contributed by atoms with Crippen LogP contribution in [0.25, 0.3) is 10.9 Å². The van der Waals surface area contributed by atoms with E-state index in [0.717, 1.165) is 17.0 Å². The number of hydrogen-bond acceptors (Lipinski definition) is 4. The number of thiol groups is 1. The van der Waals surface area contributed by atoms with Gasteiger partial charge in [0.2, 0.25) is 0 Å². The first-order valence-corrected chi connectivity index (χ1v) is 9.02. The van der Waals surface area contributed by atoms with Crippen LogP contribution in [0.3, 0.4) is 0 Å². The van der Waals surface area contributed by atoms with Crippen LogP contribution in [0.15, 0.2) is 77.6 Å². The zero-order valence-corrected chi connectivity index (χ0v) is 15.9. The van der Waals surface area contributed by atoms with E-state index in [1.807, 2.05) is 31.2 Å². The lowest BCUT2D eigenvalue weighted by molar-refractivity contribution is -0.0925. The van der Waals surface area contributed by atoms with Crippen molar-refractivity contribution in [1.29, 1.82) is 0 Å². The molecule has 1 aromatic heterocycles. The second-order valence-corrected chi connectivity index (χ2v) is 7.01. The fraction of sp³-hybridized carbons (Fsp3) is 0.143. The van der Waals surface area contributed by atoms with E-state index < -0.39 is 11.9 Å². The van der Waals surface area contributed by atoms with Crippen LogP contribution in [-0.2, 0) is 0 Å². The second kappa shape index (κ2) is 8.06. The average Bonchev–Trinajstić information content (AvgIpc) is 2.67. The predicted molar refractivity (Wildman–Crippen MR) is 110 cm³/mol. The lowest BCUT2D eigenvalue weighted by Crippen LogP contribution is -2.20. The van der Waals surface area contributed by atoms with Gasteiger partial charge in [-0.3, -0.25) is 4.98 Å². The highest BCUT2D eigenvalue weighted by atomic mass is 32.1. The average molecular weight is 401 g/mol. The summed E-state index contributed by atoms with van der Waals surface area (Å²) in [4.78, 5) is 8.74. The van der Waals surface area contributed by atoms with E-state index in [0.29, 0.717) is 16.8 Å². The van der Waals surface area contributed by atoms with Crippen LogP contribution in [0.5, 0.6) is 0 Å². The molecular weight excluding hydrogens is 383 g/mol. The summed E-state index contributed by atoms with van der Waals surface area (Å²) in [6, 6.07) is 15.9. The molecule has 2 aromatic carbocycles. The molecule has 0 saturated carbocycles. The standard InChI is InChI=1S/C21H18F3N3S/c1-13(28)14-7-9-15(10-8-14)19(12-20(25)21(22,23)24)27-18-6-2-5-17-16(18)4-3-11-26-17/h2-13,28H,25H2,1H3. The Morgan fingerprint density at radius 2 is 1.82 bits per heavy atom. The van der Waals surface area contributed by atoms with Crippen LogP contribution >= 0.6 is 12.6 Å². The van der Waals surface area contributed by atoms with Crippen molar-refractivity contribution in [3.05, 3.63) is 83.7 Å². The zero-order valence-electron chi connectivity index (χ0n) is 15.0. The first kappa shape index (κ1) is 19.9. The molecule has 3 rings (SSSR count). The number of pyridine rings is 1. The molecule has 0 aliphatic rings. The first-order chi connectivity index (χ1) is 13.3. The molecule has 0 saturated heterocycles. The van der Waals surface area contributed by atoms with E-state index in [1.54, 1.807) is 36.5 Å². The van der Waals surface area contributed by atoms with E-state index in [2.05, 4.69) is 22.6 Å². The normalized spacial score (nSPS) is 14.3. The monoisotopic (exact) mass is 401 g/mol. The Morgan fingerprint density at radius 3 is 2.46 bits per heavy atom. The number of fused-ring (bicyclic) bond motifs is 1. The van der Waals surface area contributed by atoms with Gasteiger partial charge in [0.25, 0.3) is 0 Å². The molecule has 7 heteroatoms. The molecule has 0 bridgehead atoms. The van der Waals surface area contributed by atoms with Crippen LogP contribution < -0.4 is 5.73 Å². The molecule has 0 radical (unpaired) electrons.